The van der Waals surface area contributed by atoms with E-state index in [0.29, 0.717) is 5.25 Å². The molecular weight excluding hydrogens is 314 g/mol. The van der Waals surface area contributed by atoms with E-state index in [4.69, 9.17) is 5.73 Å². The molecule has 2 atom stereocenters. The Bertz CT molecular complexity index is 648. The zero-order valence-electron chi connectivity index (χ0n) is 11.5. The molecule has 3 N–H and O–H groups in total. The number of nitrogens with one attached hydrogen (secondary N) is 1. The number of nitrogen functional groups attached to an aromatic ring is 1. The summed E-state index contributed by atoms with van der Waals surface area (Å²) in [5.74, 6) is 0. The van der Waals surface area contributed by atoms with Gasteiger partial charge in [0.25, 0.3) is 5.69 Å². The summed E-state index contributed by atoms with van der Waals surface area (Å²) in [4.78, 5) is 10.0. The van der Waals surface area contributed by atoms with Gasteiger partial charge in [0.05, 0.1) is 9.82 Å². The van der Waals surface area contributed by atoms with Crippen molar-refractivity contribution in [2.24, 2.45) is 0 Å². The van der Waals surface area contributed by atoms with Crippen molar-refractivity contribution in [1.29, 1.82) is 0 Å². The number of sulfonamides is 1. The quantitative estimate of drug-likeness (QED) is 0.482. The summed E-state index contributed by atoms with van der Waals surface area (Å²) in [6, 6.07) is 3.40. The molecule has 0 radical (unpaired) electrons. The lowest BCUT2D eigenvalue weighted by Crippen LogP contribution is -2.33. The van der Waals surface area contributed by atoms with Gasteiger partial charge in [0.2, 0.25) is 10.0 Å². The van der Waals surface area contributed by atoms with Gasteiger partial charge in [-0.05, 0) is 37.7 Å². The van der Waals surface area contributed by atoms with Crippen LogP contribution >= 0.6 is 11.8 Å². The molecule has 0 bridgehead atoms. The van der Waals surface area contributed by atoms with E-state index in [9.17, 15) is 18.5 Å². The highest BCUT2D eigenvalue weighted by Crippen LogP contribution is 2.30. The second-order valence-electron chi connectivity index (χ2n) is 4.97. The molecule has 1 aliphatic carbocycles. The van der Waals surface area contributed by atoms with Crippen LogP contribution in [0.3, 0.4) is 0 Å². The number of nitrogens with two attached hydrogens (primary N) is 1. The lowest BCUT2D eigenvalue weighted by Gasteiger charge is -2.13. The average molecular weight is 331 g/mol. The van der Waals surface area contributed by atoms with Crippen LogP contribution in [0.25, 0.3) is 0 Å². The molecule has 0 aliphatic heterocycles. The van der Waals surface area contributed by atoms with Gasteiger partial charge in [-0.1, -0.05) is 0 Å². The van der Waals surface area contributed by atoms with E-state index in [0.717, 1.165) is 25.3 Å². The van der Waals surface area contributed by atoms with Gasteiger partial charge >= 0.3 is 0 Å². The molecule has 0 spiro atoms. The Kier molecular flexibility index (Phi) is 4.74. The fourth-order valence-corrected chi connectivity index (χ4v) is 4.50. The molecule has 0 heterocycles. The highest BCUT2D eigenvalue weighted by Gasteiger charge is 2.29. The minimum absolute atomic E-state index is 0.0535. The maximum Gasteiger partial charge on any atom is 0.293 e. The molecule has 0 amide bonds. The van der Waals surface area contributed by atoms with Crippen LogP contribution in [-0.2, 0) is 10.0 Å². The lowest BCUT2D eigenvalue weighted by atomic mass is 10.3. The molecule has 1 aromatic carbocycles. The van der Waals surface area contributed by atoms with Gasteiger partial charge in [-0.15, -0.1) is 0 Å². The van der Waals surface area contributed by atoms with Gasteiger partial charge in [0.15, 0.2) is 0 Å². The van der Waals surface area contributed by atoms with E-state index in [1.807, 2.05) is 6.26 Å². The van der Waals surface area contributed by atoms with Crippen molar-refractivity contribution in [2.75, 3.05) is 12.0 Å². The van der Waals surface area contributed by atoms with Gasteiger partial charge in [-0.2, -0.15) is 11.8 Å². The first-order chi connectivity index (χ1) is 9.83. The van der Waals surface area contributed by atoms with Crippen LogP contribution in [0.15, 0.2) is 23.1 Å². The van der Waals surface area contributed by atoms with Gasteiger partial charge in [-0.25, -0.2) is 13.1 Å². The summed E-state index contributed by atoms with van der Waals surface area (Å²) in [7, 11) is -3.77. The molecule has 7 nitrogen and oxygen atoms in total. The van der Waals surface area contributed by atoms with Crippen molar-refractivity contribution < 1.29 is 13.3 Å². The normalized spacial score (nSPS) is 22.3. The van der Waals surface area contributed by atoms with Gasteiger partial charge in [0, 0.05) is 17.4 Å². The minimum Gasteiger partial charge on any atom is -0.393 e. The second-order valence-corrected chi connectivity index (χ2v) is 7.82. The van der Waals surface area contributed by atoms with Crippen molar-refractivity contribution in [3.8, 4) is 0 Å². The van der Waals surface area contributed by atoms with E-state index in [2.05, 4.69) is 4.72 Å². The SMILES string of the molecule is CSC1CCC(NS(=O)(=O)c2ccc(N)c([N+](=O)[O-])c2)C1. The summed E-state index contributed by atoms with van der Waals surface area (Å²) in [6.07, 6.45) is 4.53. The number of rotatable bonds is 5. The molecule has 2 unspecified atom stereocenters. The molecule has 2 rings (SSSR count). The Hall–Kier alpha value is -1.32. The average Bonchev–Trinajstić information content (AvgIpc) is 2.85. The van der Waals surface area contributed by atoms with Crippen LogP contribution in [-0.4, -0.2) is 30.9 Å². The summed E-state index contributed by atoms with van der Waals surface area (Å²) in [5.41, 5.74) is 5.02. The Morgan fingerprint density at radius 3 is 2.71 bits per heavy atom. The lowest BCUT2D eigenvalue weighted by molar-refractivity contribution is -0.384. The number of nitro benzene ring substituents is 1. The summed E-state index contributed by atoms with van der Waals surface area (Å²) < 4.78 is 27.2. The Balaban J connectivity index is 2.20. The molecule has 1 fully saturated rings. The third kappa shape index (κ3) is 3.66. The molecule has 0 saturated heterocycles. The van der Waals surface area contributed by atoms with Crippen molar-refractivity contribution in [3.05, 3.63) is 28.3 Å². The molecular formula is C12H17N3O4S2. The van der Waals surface area contributed by atoms with Gasteiger partial charge in [0.1, 0.15) is 5.69 Å². The number of hydrogen-bond donors (Lipinski definition) is 2. The topological polar surface area (TPSA) is 115 Å². The van der Waals surface area contributed by atoms with Crippen LogP contribution in [0.5, 0.6) is 0 Å². The monoisotopic (exact) mass is 331 g/mol. The Labute approximate surface area is 127 Å². The van der Waals surface area contributed by atoms with Crippen LogP contribution in [0.4, 0.5) is 11.4 Å². The van der Waals surface area contributed by atoms with E-state index >= 15 is 0 Å². The predicted molar refractivity (Wildman–Crippen MR) is 82.8 cm³/mol. The van der Waals surface area contributed by atoms with Crippen LogP contribution in [0, 0.1) is 10.1 Å². The van der Waals surface area contributed by atoms with E-state index in [-0.39, 0.29) is 16.6 Å². The number of nitro groups is 1. The third-order valence-electron chi connectivity index (χ3n) is 3.55. The molecule has 1 aliphatic rings. The smallest absolute Gasteiger partial charge is 0.293 e. The van der Waals surface area contributed by atoms with Crippen molar-refractivity contribution >= 4 is 33.2 Å². The Morgan fingerprint density at radius 2 is 2.14 bits per heavy atom. The van der Waals surface area contributed by atoms with Crippen molar-refractivity contribution in [2.45, 2.75) is 35.4 Å². The molecule has 21 heavy (non-hydrogen) atoms. The fraction of sp³-hybridized carbons (Fsp3) is 0.500. The van der Waals surface area contributed by atoms with E-state index in [1.165, 1.54) is 12.1 Å². The molecule has 116 valence electrons. The first kappa shape index (κ1) is 16.1. The molecule has 1 aromatic rings. The number of benzene rings is 1. The summed E-state index contributed by atoms with van der Waals surface area (Å²) in [6.45, 7) is 0. The summed E-state index contributed by atoms with van der Waals surface area (Å²) in [5, 5.41) is 11.3. The maximum atomic E-state index is 12.3. The highest BCUT2D eigenvalue weighted by atomic mass is 32.2. The molecule has 1 saturated carbocycles. The highest BCUT2D eigenvalue weighted by molar-refractivity contribution is 7.99. The first-order valence-corrected chi connectivity index (χ1v) is 9.19. The van der Waals surface area contributed by atoms with Crippen molar-refractivity contribution in [1.82, 2.24) is 4.72 Å². The standard InChI is InChI=1S/C12H17N3O4S2/c1-20-9-3-2-8(6-9)14-21(18,19)10-4-5-11(13)12(7-10)15(16)17/h4-5,7-9,14H,2-3,6,13H2,1H3. The van der Waals surface area contributed by atoms with Gasteiger partial charge < -0.3 is 5.73 Å². The minimum atomic E-state index is -3.77. The molecule has 0 aromatic heterocycles. The van der Waals surface area contributed by atoms with Gasteiger partial charge in [-0.3, -0.25) is 10.1 Å². The largest absolute Gasteiger partial charge is 0.393 e. The predicted octanol–water partition coefficient (Wildman–Crippen LogP) is 1.74. The number of anilines is 1. The van der Waals surface area contributed by atoms with Crippen LogP contribution in [0.2, 0.25) is 0 Å². The zero-order valence-corrected chi connectivity index (χ0v) is 13.1. The fourth-order valence-electron chi connectivity index (χ4n) is 2.40. The van der Waals surface area contributed by atoms with E-state index in [1.54, 1.807) is 11.8 Å². The number of thioether (sulfide) groups is 1. The first-order valence-electron chi connectivity index (χ1n) is 6.42. The van der Waals surface area contributed by atoms with Crippen LogP contribution < -0.4 is 10.5 Å². The van der Waals surface area contributed by atoms with Crippen LogP contribution in [0.1, 0.15) is 19.3 Å². The maximum absolute atomic E-state index is 12.3. The zero-order chi connectivity index (χ0) is 15.6. The second kappa shape index (κ2) is 6.20. The third-order valence-corrected chi connectivity index (χ3v) is 6.16. The van der Waals surface area contributed by atoms with Crippen molar-refractivity contribution in [3.63, 3.8) is 0 Å². The molecule has 9 heteroatoms. The number of nitrogens with zero attached hydrogens (tertiary/aromatic N) is 1. The number of hydrogen-bond acceptors (Lipinski definition) is 6. The Morgan fingerprint density at radius 1 is 1.43 bits per heavy atom. The van der Waals surface area contributed by atoms with E-state index < -0.39 is 20.6 Å². The summed E-state index contributed by atoms with van der Waals surface area (Å²) >= 11 is 1.73.